The Bertz CT molecular complexity index is 1010. The molecular weight excluding hydrogens is 386 g/mol. The van der Waals surface area contributed by atoms with Crippen molar-refractivity contribution >= 4 is 17.5 Å². The molecule has 0 radical (unpaired) electrons. The second-order valence-electron chi connectivity index (χ2n) is 7.00. The van der Waals surface area contributed by atoms with Crippen molar-refractivity contribution in [3.8, 4) is 11.5 Å². The molecule has 0 aliphatic carbocycles. The van der Waals surface area contributed by atoms with Crippen molar-refractivity contribution in [1.29, 1.82) is 0 Å². The summed E-state index contributed by atoms with van der Waals surface area (Å²) in [7, 11) is 3.16. The minimum Gasteiger partial charge on any atom is -0.497 e. The number of carbonyl (C=O) groups excluding carboxylic acids is 1. The lowest BCUT2D eigenvalue weighted by Gasteiger charge is -2.38. The zero-order valence-electron chi connectivity index (χ0n) is 16.4. The van der Waals surface area contributed by atoms with Gasteiger partial charge in [0, 0.05) is 23.2 Å². The van der Waals surface area contributed by atoms with Gasteiger partial charge in [-0.25, -0.2) is 0 Å². The number of amides is 1. The van der Waals surface area contributed by atoms with Gasteiger partial charge in [-0.3, -0.25) is 4.79 Å². The highest BCUT2D eigenvalue weighted by molar-refractivity contribution is 6.30. The van der Waals surface area contributed by atoms with Crippen LogP contribution < -0.4 is 9.47 Å². The van der Waals surface area contributed by atoms with E-state index in [9.17, 15) is 4.79 Å². The van der Waals surface area contributed by atoms with Crippen LogP contribution in [0.3, 0.4) is 0 Å². The molecule has 1 atom stereocenters. The molecule has 0 N–H and O–H groups in total. The van der Waals surface area contributed by atoms with Gasteiger partial charge < -0.3 is 14.4 Å². The van der Waals surface area contributed by atoms with Crippen LogP contribution in [-0.2, 0) is 6.42 Å². The molecule has 148 valence electrons. The number of nitrogens with zero attached hydrogens (tertiary/aromatic N) is 1. The maximum atomic E-state index is 13.6. The maximum Gasteiger partial charge on any atom is 0.254 e. The van der Waals surface area contributed by atoms with Crippen LogP contribution in [0.15, 0.2) is 66.7 Å². The highest BCUT2D eigenvalue weighted by Crippen LogP contribution is 2.37. The first-order chi connectivity index (χ1) is 14.1. The SMILES string of the molecule is COc1cc(OC)cc(C(=O)N2CCc3ccccc3[C@H]2c2ccc(Cl)cc2)c1. The fraction of sp³-hybridized carbons (Fsp3) is 0.208. The third-order valence-corrected chi connectivity index (χ3v) is 5.58. The van der Waals surface area contributed by atoms with E-state index < -0.39 is 0 Å². The molecular formula is C24H22ClNO3. The Morgan fingerprint density at radius 3 is 2.28 bits per heavy atom. The monoisotopic (exact) mass is 407 g/mol. The number of methoxy groups -OCH3 is 2. The largest absolute Gasteiger partial charge is 0.497 e. The number of hydrogen-bond donors (Lipinski definition) is 0. The second-order valence-corrected chi connectivity index (χ2v) is 7.44. The molecule has 3 aromatic rings. The van der Waals surface area contributed by atoms with Crippen molar-refractivity contribution in [3.63, 3.8) is 0 Å². The first-order valence-corrected chi connectivity index (χ1v) is 9.86. The number of hydrogen-bond acceptors (Lipinski definition) is 3. The predicted molar refractivity (Wildman–Crippen MR) is 114 cm³/mol. The fourth-order valence-corrected chi connectivity index (χ4v) is 4.01. The average Bonchev–Trinajstić information content (AvgIpc) is 2.78. The van der Waals surface area contributed by atoms with Gasteiger partial charge >= 0.3 is 0 Å². The van der Waals surface area contributed by atoms with Crippen LogP contribution in [-0.4, -0.2) is 31.6 Å². The molecule has 0 bridgehead atoms. The minimum absolute atomic E-state index is 0.0587. The Kier molecular flexibility index (Phi) is 5.45. The van der Waals surface area contributed by atoms with Gasteiger partial charge in [0.15, 0.2) is 0 Å². The summed E-state index contributed by atoms with van der Waals surface area (Å²) in [6, 6.07) is 21.1. The molecule has 5 heteroatoms. The molecule has 0 fully saturated rings. The summed E-state index contributed by atoms with van der Waals surface area (Å²) >= 11 is 6.10. The molecule has 0 saturated heterocycles. The van der Waals surface area contributed by atoms with Gasteiger partial charge in [0.1, 0.15) is 11.5 Å². The van der Waals surface area contributed by atoms with E-state index in [1.54, 1.807) is 32.4 Å². The molecule has 1 aliphatic heterocycles. The topological polar surface area (TPSA) is 38.8 Å². The van der Waals surface area contributed by atoms with Crippen LogP contribution in [0.2, 0.25) is 5.02 Å². The van der Waals surface area contributed by atoms with Gasteiger partial charge in [0.25, 0.3) is 5.91 Å². The van der Waals surface area contributed by atoms with Crippen LogP contribution >= 0.6 is 11.6 Å². The lowest BCUT2D eigenvalue weighted by molar-refractivity contribution is 0.0694. The zero-order valence-corrected chi connectivity index (χ0v) is 17.1. The predicted octanol–water partition coefficient (Wildman–Crippen LogP) is 5.15. The summed E-state index contributed by atoms with van der Waals surface area (Å²) in [5.41, 5.74) is 3.98. The number of carbonyl (C=O) groups is 1. The van der Waals surface area contributed by atoms with Crippen LogP contribution in [0, 0.1) is 0 Å². The van der Waals surface area contributed by atoms with Crippen LogP contribution in [0.1, 0.15) is 33.1 Å². The normalized spacial score (nSPS) is 15.6. The highest BCUT2D eigenvalue weighted by Gasteiger charge is 2.32. The lowest BCUT2D eigenvalue weighted by Crippen LogP contribution is -2.40. The molecule has 0 saturated carbocycles. The molecule has 4 rings (SSSR count). The van der Waals surface area contributed by atoms with Crippen LogP contribution in [0.5, 0.6) is 11.5 Å². The minimum atomic E-state index is -0.179. The summed E-state index contributed by atoms with van der Waals surface area (Å²) in [4.78, 5) is 15.5. The van der Waals surface area contributed by atoms with Gasteiger partial charge in [0.05, 0.1) is 20.3 Å². The van der Waals surface area contributed by atoms with Gasteiger partial charge in [-0.15, -0.1) is 0 Å². The third kappa shape index (κ3) is 3.81. The van der Waals surface area contributed by atoms with Crippen molar-refractivity contribution in [1.82, 2.24) is 4.90 Å². The Balaban J connectivity index is 1.79. The number of halogens is 1. The number of rotatable bonds is 4. The molecule has 0 spiro atoms. The number of benzene rings is 3. The molecule has 1 heterocycles. The third-order valence-electron chi connectivity index (χ3n) is 5.33. The maximum absolute atomic E-state index is 13.6. The van der Waals surface area contributed by atoms with E-state index in [1.165, 1.54) is 5.56 Å². The number of fused-ring (bicyclic) bond motifs is 1. The van der Waals surface area contributed by atoms with Crippen molar-refractivity contribution in [2.75, 3.05) is 20.8 Å². The first-order valence-electron chi connectivity index (χ1n) is 9.48. The van der Waals surface area contributed by atoms with E-state index in [2.05, 4.69) is 12.1 Å². The summed E-state index contributed by atoms with van der Waals surface area (Å²) in [6.45, 7) is 0.628. The standard InChI is InChI=1S/C24H22ClNO3/c1-28-20-13-18(14-21(15-20)29-2)24(27)26-12-11-16-5-3-4-6-22(16)23(26)17-7-9-19(25)10-8-17/h3-10,13-15,23H,11-12H2,1-2H3/t23-/m1/s1. The highest BCUT2D eigenvalue weighted by atomic mass is 35.5. The number of ether oxygens (including phenoxy) is 2. The summed E-state index contributed by atoms with van der Waals surface area (Å²) in [5.74, 6) is 1.12. The second kappa shape index (κ2) is 8.18. The summed E-state index contributed by atoms with van der Waals surface area (Å²) in [6.07, 6.45) is 0.813. The smallest absolute Gasteiger partial charge is 0.254 e. The summed E-state index contributed by atoms with van der Waals surface area (Å²) < 4.78 is 10.7. The van der Waals surface area contributed by atoms with E-state index in [0.717, 1.165) is 17.5 Å². The van der Waals surface area contributed by atoms with Crippen molar-refractivity contribution < 1.29 is 14.3 Å². The van der Waals surface area contributed by atoms with E-state index >= 15 is 0 Å². The Hall–Kier alpha value is -2.98. The Labute approximate surface area is 175 Å². The van der Waals surface area contributed by atoms with E-state index in [-0.39, 0.29) is 11.9 Å². The van der Waals surface area contributed by atoms with E-state index in [0.29, 0.717) is 28.6 Å². The van der Waals surface area contributed by atoms with Crippen molar-refractivity contribution in [3.05, 3.63) is 94.0 Å². The Morgan fingerprint density at radius 1 is 0.966 bits per heavy atom. The molecule has 0 aromatic heterocycles. The van der Waals surface area contributed by atoms with Crippen LogP contribution in [0.4, 0.5) is 0 Å². The van der Waals surface area contributed by atoms with Crippen LogP contribution in [0.25, 0.3) is 0 Å². The first kappa shape index (κ1) is 19.3. The molecule has 29 heavy (non-hydrogen) atoms. The molecule has 3 aromatic carbocycles. The van der Waals surface area contributed by atoms with Crippen molar-refractivity contribution in [2.24, 2.45) is 0 Å². The van der Waals surface area contributed by atoms with Gasteiger partial charge in [0.2, 0.25) is 0 Å². The van der Waals surface area contributed by atoms with Gasteiger partial charge in [-0.1, -0.05) is 48.0 Å². The molecule has 1 amide bonds. The molecule has 1 aliphatic rings. The van der Waals surface area contributed by atoms with Gasteiger partial charge in [-0.05, 0) is 47.4 Å². The summed E-state index contributed by atoms with van der Waals surface area (Å²) in [5, 5.41) is 0.674. The lowest BCUT2D eigenvalue weighted by atomic mass is 9.87. The Morgan fingerprint density at radius 2 is 1.62 bits per heavy atom. The molecule has 4 nitrogen and oxygen atoms in total. The molecule has 0 unspecified atom stereocenters. The zero-order chi connectivity index (χ0) is 20.4. The van der Waals surface area contributed by atoms with Crippen molar-refractivity contribution in [2.45, 2.75) is 12.5 Å². The fourth-order valence-electron chi connectivity index (χ4n) is 3.89. The van der Waals surface area contributed by atoms with Gasteiger partial charge in [-0.2, -0.15) is 0 Å². The quantitative estimate of drug-likeness (QED) is 0.600. The van der Waals surface area contributed by atoms with E-state index in [4.69, 9.17) is 21.1 Å². The average molecular weight is 408 g/mol. The van der Waals surface area contributed by atoms with E-state index in [1.807, 2.05) is 41.3 Å².